The highest BCUT2D eigenvalue weighted by Gasteiger charge is 2.38. The smallest absolute Gasteiger partial charge is 0.373 e. The van der Waals surface area contributed by atoms with E-state index in [9.17, 15) is 31.1 Å². The zero-order valence-corrected chi connectivity index (χ0v) is 17.0. The summed E-state index contributed by atoms with van der Waals surface area (Å²) >= 11 is 0. The molecule has 0 bridgehead atoms. The topological polar surface area (TPSA) is 38.3 Å². The van der Waals surface area contributed by atoms with Crippen LogP contribution in [0.25, 0.3) is 11.1 Å². The Hall–Kier alpha value is -3.07. The van der Waals surface area contributed by atoms with Crippen LogP contribution in [0.3, 0.4) is 0 Å². The predicted octanol–water partition coefficient (Wildman–Crippen LogP) is 6.48. The third-order valence-electron chi connectivity index (χ3n) is 5.30. The molecule has 0 aliphatic heterocycles. The van der Waals surface area contributed by atoms with Gasteiger partial charge in [-0.25, -0.2) is 0 Å². The minimum atomic E-state index is -4.84. The first-order chi connectivity index (χ1) is 14.8. The summed E-state index contributed by atoms with van der Waals surface area (Å²) in [6.07, 6.45) is -2.80. The van der Waals surface area contributed by atoms with Crippen LogP contribution in [0.15, 0.2) is 66.8 Å². The molecule has 0 saturated carbocycles. The third kappa shape index (κ3) is 4.88. The molecule has 32 heavy (non-hydrogen) atoms. The Kier molecular flexibility index (Phi) is 6.24. The molecule has 0 spiro atoms. The summed E-state index contributed by atoms with van der Waals surface area (Å²) < 4.78 is 84.6. The monoisotopic (exact) mass is 455 g/mol. The van der Waals surface area contributed by atoms with Gasteiger partial charge in [0, 0.05) is 12.8 Å². The molecule has 0 heterocycles. The van der Waals surface area contributed by atoms with Crippen molar-refractivity contribution < 1.29 is 35.9 Å². The van der Waals surface area contributed by atoms with Gasteiger partial charge in [0.15, 0.2) is 0 Å². The molecule has 0 fully saturated rings. The Balaban J connectivity index is 1.90. The number of benzene rings is 2. The molecule has 2 atom stereocenters. The predicted molar refractivity (Wildman–Crippen MR) is 108 cm³/mol. The summed E-state index contributed by atoms with van der Waals surface area (Å²) in [7, 11) is 1.46. The number of anilines is 1. The van der Waals surface area contributed by atoms with E-state index in [0.29, 0.717) is 18.2 Å². The van der Waals surface area contributed by atoms with Gasteiger partial charge in [-0.15, -0.1) is 0 Å². The Bertz CT molecular complexity index is 1050. The second-order valence-electron chi connectivity index (χ2n) is 7.43. The molecular formula is C23H19F6NO2. The largest absolute Gasteiger partial charge is 0.417 e. The molecule has 2 aromatic carbocycles. The van der Waals surface area contributed by atoms with Crippen molar-refractivity contribution in [3.8, 4) is 11.1 Å². The van der Waals surface area contributed by atoms with Gasteiger partial charge in [-0.1, -0.05) is 36.4 Å². The van der Waals surface area contributed by atoms with Crippen molar-refractivity contribution in [2.45, 2.75) is 24.9 Å². The highest BCUT2D eigenvalue weighted by Crippen LogP contribution is 2.41. The fraction of sp³-hybridized carbons (Fsp3) is 0.261. The van der Waals surface area contributed by atoms with Gasteiger partial charge in [-0.3, -0.25) is 4.79 Å². The first-order valence-corrected chi connectivity index (χ1v) is 9.46. The molecule has 3 nitrogen and oxygen atoms in total. The molecule has 0 radical (unpaired) electrons. The lowest BCUT2D eigenvalue weighted by molar-refractivity contribution is -0.141. The molecule has 2 aromatic rings. The standard InChI is InChI=1S/C23H19F6NO2/c1-21(32-2)12-4-3-5-19(21)20(31)30-16-9-6-14(7-10-16)17-13-15(22(24,25)26)8-11-18(17)23(27,28)29/h3-13,19H,1-2H3,(H,30,31). The van der Waals surface area contributed by atoms with Gasteiger partial charge in [0.2, 0.25) is 5.91 Å². The van der Waals surface area contributed by atoms with Crippen LogP contribution in [-0.2, 0) is 21.9 Å². The Labute approximate surface area is 180 Å². The summed E-state index contributed by atoms with van der Waals surface area (Å²) in [5, 5.41) is 2.65. The zero-order valence-electron chi connectivity index (χ0n) is 17.0. The van der Waals surface area contributed by atoms with Gasteiger partial charge in [0.1, 0.15) is 0 Å². The summed E-state index contributed by atoms with van der Waals surface area (Å²) in [6, 6.07) is 6.42. The number of allylic oxidation sites excluding steroid dienone is 2. The van der Waals surface area contributed by atoms with E-state index < -0.39 is 46.5 Å². The van der Waals surface area contributed by atoms with Crippen molar-refractivity contribution in [3.63, 3.8) is 0 Å². The lowest BCUT2D eigenvalue weighted by Gasteiger charge is -2.32. The molecule has 1 aliphatic carbocycles. The fourth-order valence-corrected chi connectivity index (χ4v) is 3.42. The molecule has 1 amide bonds. The van der Waals surface area contributed by atoms with Gasteiger partial charge in [-0.2, -0.15) is 26.3 Å². The summed E-state index contributed by atoms with van der Waals surface area (Å²) in [4.78, 5) is 12.7. The quantitative estimate of drug-likeness (QED) is 0.536. The van der Waals surface area contributed by atoms with Gasteiger partial charge in [0.05, 0.1) is 22.6 Å². The van der Waals surface area contributed by atoms with E-state index >= 15 is 0 Å². The van der Waals surface area contributed by atoms with E-state index in [2.05, 4.69) is 5.32 Å². The number of methoxy groups -OCH3 is 1. The molecule has 1 N–H and O–H groups in total. The fourth-order valence-electron chi connectivity index (χ4n) is 3.42. The van der Waals surface area contributed by atoms with Crippen molar-refractivity contribution in [2.24, 2.45) is 5.92 Å². The van der Waals surface area contributed by atoms with Gasteiger partial charge in [-0.05, 0) is 48.4 Å². The van der Waals surface area contributed by atoms with E-state index in [1.807, 2.05) is 0 Å². The Morgan fingerprint density at radius 2 is 1.62 bits per heavy atom. The van der Waals surface area contributed by atoms with Gasteiger partial charge >= 0.3 is 12.4 Å². The Morgan fingerprint density at radius 3 is 2.19 bits per heavy atom. The number of halogens is 6. The molecule has 3 rings (SSSR count). The number of amides is 1. The van der Waals surface area contributed by atoms with Crippen LogP contribution in [0.4, 0.5) is 32.0 Å². The van der Waals surface area contributed by atoms with Crippen molar-refractivity contribution >= 4 is 11.6 Å². The maximum Gasteiger partial charge on any atom is 0.417 e. The number of nitrogens with one attached hydrogen (secondary N) is 1. The van der Waals surface area contributed by atoms with Crippen LogP contribution in [0, 0.1) is 5.92 Å². The van der Waals surface area contributed by atoms with Crippen LogP contribution in [0.5, 0.6) is 0 Å². The number of hydrogen-bond acceptors (Lipinski definition) is 2. The van der Waals surface area contributed by atoms with Crippen molar-refractivity contribution in [3.05, 3.63) is 77.9 Å². The van der Waals surface area contributed by atoms with E-state index in [1.165, 1.54) is 31.4 Å². The number of rotatable bonds is 4. The van der Waals surface area contributed by atoms with E-state index in [-0.39, 0.29) is 11.3 Å². The van der Waals surface area contributed by atoms with Crippen LogP contribution in [0.1, 0.15) is 18.1 Å². The van der Waals surface area contributed by atoms with Crippen molar-refractivity contribution in [1.82, 2.24) is 0 Å². The minimum absolute atomic E-state index is 0.0661. The van der Waals surface area contributed by atoms with E-state index in [1.54, 1.807) is 31.2 Å². The molecular weight excluding hydrogens is 436 g/mol. The SMILES string of the molecule is COC1(C)C=CC=CC1C(=O)Nc1ccc(-c2cc(C(F)(F)F)ccc2C(F)(F)F)cc1. The third-order valence-corrected chi connectivity index (χ3v) is 5.30. The normalized spacial score (nSPS) is 20.9. The molecule has 9 heteroatoms. The number of carbonyl (C=O) groups excluding carboxylic acids is 1. The van der Waals surface area contributed by atoms with Crippen LogP contribution in [0.2, 0.25) is 0 Å². The first kappa shape index (κ1) is 23.6. The number of carbonyl (C=O) groups is 1. The summed E-state index contributed by atoms with van der Waals surface area (Å²) in [5.41, 5.74) is -3.63. The maximum absolute atomic E-state index is 13.4. The summed E-state index contributed by atoms with van der Waals surface area (Å²) in [6.45, 7) is 1.73. The van der Waals surface area contributed by atoms with E-state index in [0.717, 1.165) is 0 Å². The van der Waals surface area contributed by atoms with Crippen LogP contribution < -0.4 is 5.32 Å². The lowest BCUT2D eigenvalue weighted by Crippen LogP contribution is -2.42. The Morgan fingerprint density at radius 1 is 0.969 bits per heavy atom. The lowest BCUT2D eigenvalue weighted by atomic mass is 9.84. The molecule has 170 valence electrons. The minimum Gasteiger partial charge on any atom is -0.373 e. The maximum atomic E-state index is 13.4. The molecule has 1 aliphatic rings. The second kappa shape index (κ2) is 8.46. The molecule has 0 aromatic heterocycles. The van der Waals surface area contributed by atoms with Crippen molar-refractivity contribution in [1.29, 1.82) is 0 Å². The highest BCUT2D eigenvalue weighted by molar-refractivity contribution is 5.95. The second-order valence-corrected chi connectivity index (χ2v) is 7.43. The number of ether oxygens (including phenoxy) is 1. The van der Waals surface area contributed by atoms with Gasteiger partial charge in [0.25, 0.3) is 0 Å². The number of alkyl halides is 6. The number of hydrogen-bond donors (Lipinski definition) is 1. The summed E-state index contributed by atoms with van der Waals surface area (Å²) in [5.74, 6) is -1.06. The highest BCUT2D eigenvalue weighted by atomic mass is 19.4. The van der Waals surface area contributed by atoms with Crippen molar-refractivity contribution in [2.75, 3.05) is 12.4 Å². The van der Waals surface area contributed by atoms with Gasteiger partial charge < -0.3 is 10.1 Å². The molecule has 0 saturated heterocycles. The van der Waals surface area contributed by atoms with E-state index in [4.69, 9.17) is 4.74 Å². The zero-order chi connectivity index (χ0) is 23.7. The molecule has 2 unspecified atom stereocenters. The van der Waals surface area contributed by atoms with Crippen LogP contribution in [-0.4, -0.2) is 18.6 Å². The first-order valence-electron chi connectivity index (χ1n) is 9.46. The average Bonchev–Trinajstić information content (AvgIpc) is 2.73. The average molecular weight is 455 g/mol. The van der Waals surface area contributed by atoms with Crippen LogP contribution >= 0.6 is 0 Å².